The van der Waals surface area contributed by atoms with Crippen molar-refractivity contribution >= 4 is 17.5 Å². The van der Waals surface area contributed by atoms with Gasteiger partial charge in [0.1, 0.15) is 11.5 Å². The molecule has 1 aromatic rings. The molecule has 2 rings (SSSR count). The molecule has 6 heteroatoms. The number of hydrogen-bond donors (Lipinski definition) is 1. The zero-order valence-electron chi connectivity index (χ0n) is 9.47. The maximum Gasteiger partial charge on any atom is 0.267 e. The molecule has 2 heterocycles. The lowest BCUT2D eigenvalue weighted by atomic mass is 10.1. The zero-order chi connectivity index (χ0) is 12.3. The van der Waals surface area contributed by atoms with Gasteiger partial charge in [0.05, 0.1) is 12.8 Å². The minimum Gasteiger partial charge on any atom is -0.467 e. The van der Waals surface area contributed by atoms with Gasteiger partial charge in [-0.15, -0.1) is 0 Å². The van der Waals surface area contributed by atoms with E-state index in [-0.39, 0.29) is 11.8 Å². The third-order valence-electron chi connectivity index (χ3n) is 2.47. The summed E-state index contributed by atoms with van der Waals surface area (Å²) in [6, 6.07) is 3.53. The summed E-state index contributed by atoms with van der Waals surface area (Å²) in [6.45, 7) is 0.322. The lowest BCUT2D eigenvalue weighted by Crippen LogP contribution is -2.37. The number of carbonyl (C=O) groups excluding carboxylic acids is 2. The highest BCUT2D eigenvalue weighted by atomic mass is 16.3. The first kappa shape index (κ1) is 11.4. The Labute approximate surface area is 98.3 Å². The Morgan fingerprint density at radius 2 is 2.41 bits per heavy atom. The molecule has 0 atom stereocenters. The van der Waals surface area contributed by atoms with E-state index in [2.05, 4.69) is 10.4 Å². The Balaban J connectivity index is 1.92. The van der Waals surface area contributed by atoms with Crippen LogP contribution in [0.5, 0.6) is 0 Å². The van der Waals surface area contributed by atoms with Crippen LogP contribution in [0, 0.1) is 0 Å². The Bertz CT molecular complexity index is 451. The van der Waals surface area contributed by atoms with Crippen molar-refractivity contribution < 1.29 is 14.0 Å². The van der Waals surface area contributed by atoms with Crippen molar-refractivity contribution in [3.05, 3.63) is 24.2 Å². The second kappa shape index (κ2) is 4.82. The number of hydrazone groups is 1. The summed E-state index contributed by atoms with van der Waals surface area (Å²) in [5.41, 5.74) is 0.374. The van der Waals surface area contributed by atoms with Crippen molar-refractivity contribution in [2.75, 3.05) is 7.05 Å². The Morgan fingerprint density at radius 1 is 1.59 bits per heavy atom. The van der Waals surface area contributed by atoms with Crippen LogP contribution in [-0.4, -0.2) is 29.6 Å². The van der Waals surface area contributed by atoms with Crippen molar-refractivity contribution in [1.29, 1.82) is 0 Å². The molecule has 0 bridgehead atoms. The number of amides is 2. The van der Waals surface area contributed by atoms with Gasteiger partial charge in [0.2, 0.25) is 5.91 Å². The summed E-state index contributed by atoms with van der Waals surface area (Å²) in [7, 11) is 1.54. The summed E-state index contributed by atoms with van der Waals surface area (Å²) < 4.78 is 5.09. The first-order valence-electron chi connectivity index (χ1n) is 5.31. The topological polar surface area (TPSA) is 74.9 Å². The second-order valence-electron chi connectivity index (χ2n) is 3.73. The fraction of sp³-hybridized carbons (Fsp3) is 0.364. The largest absolute Gasteiger partial charge is 0.467 e. The normalized spacial score (nSPS) is 15.7. The summed E-state index contributed by atoms with van der Waals surface area (Å²) in [5.74, 6) is 0.340. The molecule has 0 aromatic carbocycles. The van der Waals surface area contributed by atoms with Crippen molar-refractivity contribution in [3.63, 3.8) is 0 Å². The predicted molar refractivity (Wildman–Crippen MR) is 60.0 cm³/mol. The fourth-order valence-electron chi connectivity index (χ4n) is 1.52. The van der Waals surface area contributed by atoms with E-state index in [9.17, 15) is 9.59 Å². The van der Waals surface area contributed by atoms with E-state index in [1.165, 1.54) is 5.01 Å². The Hall–Kier alpha value is -2.11. The van der Waals surface area contributed by atoms with Crippen LogP contribution in [-0.2, 0) is 16.1 Å². The number of nitrogens with zero attached hydrogens (tertiary/aromatic N) is 2. The second-order valence-corrected chi connectivity index (χ2v) is 3.73. The molecule has 17 heavy (non-hydrogen) atoms. The Morgan fingerprint density at radius 3 is 3.06 bits per heavy atom. The van der Waals surface area contributed by atoms with Crippen molar-refractivity contribution in [3.8, 4) is 0 Å². The summed E-state index contributed by atoms with van der Waals surface area (Å²) in [6.07, 6.45) is 2.25. The monoisotopic (exact) mass is 235 g/mol. The average Bonchev–Trinajstić information content (AvgIpc) is 2.82. The molecular weight excluding hydrogens is 222 g/mol. The number of rotatable bonds is 3. The van der Waals surface area contributed by atoms with E-state index < -0.39 is 0 Å². The maximum absolute atomic E-state index is 11.7. The standard InChI is InChI=1S/C11H13N3O3/c1-14-10(15)5-4-9(13-14)11(16)12-7-8-3-2-6-17-8/h2-3,6H,4-5,7H2,1H3,(H,12,16). The third kappa shape index (κ3) is 2.72. The van der Waals surface area contributed by atoms with Gasteiger partial charge in [0.25, 0.3) is 5.91 Å². The molecule has 6 nitrogen and oxygen atoms in total. The van der Waals surface area contributed by atoms with Crippen LogP contribution >= 0.6 is 0 Å². The fourth-order valence-corrected chi connectivity index (χ4v) is 1.52. The first-order valence-corrected chi connectivity index (χ1v) is 5.31. The van der Waals surface area contributed by atoms with E-state index >= 15 is 0 Å². The maximum atomic E-state index is 11.7. The van der Waals surface area contributed by atoms with Crippen LogP contribution < -0.4 is 5.32 Å². The van der Waals surface area contributed by atoms with Gasteiger partial charge in [-0.2, -0.15) is 5.10 Å². The van der Waals surface area contributed by atoms with E-state index in [1.54, 1.807) is 25.4 Å². The minimum absolute atomic E-state index is 0.0763. The van der Waals surface area contributed by atoms with Crippen LogP contribution in [0.15, 0.2) is 27.9 Å². The molecule has 0 saturated carbocycles. The van der Waals surface area contributed by atoms with Gasteiger partial charge < -0.3 is 9.73 Å². The lowest BCUT2D eigenvalue weighted by molar-refractivity contribution is -0.130. The van der Waals surface area contributed by atoms with Gasteiger partial charge >= 0.3 is 0 Å². The molecule has 0 fully saturated rings. The van der Waals surface area contributed by atoms with E-state index in [4.69, 9.17) is 4.42 Å². The molecular formula is C11H13N3O3. The molecule has 0 aliphatic carbocycles. The van der Waals surface area contributed by atoms with Crippen LogP contribution in [0.2, 0.25) is 0 Å². The molecule has 0 spiro atoms. The highest BCUT2D eigenvalue weighted by Crippen LogP contribution is 2.07. The predicted octanol–water partition coefficient (Wildman–Crippen LogP) is 0.504. The smallest absolute Gasteiger partial charge is 0.267 e. The van der Waals surface area contributed by atoms with Gasteiger partial charge in [-0.3, -0.25) is 9.59 Å². The molecule has 0 unspecified atom stereocenters. The lowest BCUT2D eigenvalue weighted by Gasteiger charge is -2.18. The minimum atomic E-state index is -0.263. The van der Waals surface area contributed by atoms with Crippen molar-refractivity contribution in [2.45, 2.75) is 19.4 Å². The molecule has 1 aliphatic heterocycles. The number of hydrogen-bond acceptors (Lipinski definition) is 4. The van der Waals surface area contributed by atoms with Gasteiger partial charge in [-0.05, 0) is 12.1 Å². The SMILES string of the molecule is CN1N=C(C(=O)NCc2ccco2)CCC1=O. The van der Waals surface area contributed by atoms with Crippen LogP contribution in [0.1, 0.15) is 18.6 Å². The van der Waals surface area contributed by atoms with Crippen LogP contribution in [0.3, 0.4) is 0 Å². The summed E-state index contributed by atoms with van der Waals surface area (Å²) >= 11 is 0. The molecule has 0 saturated heterocycles. The van der Waals surface area contributed by atoms with E-state index in [0.29, 0.717) is 30.9 Å². The molecule has 90 valence electrons. The van der Waals surface area contributed by atoms with E-state index in [0.717, 1.165) is 0 Å². The third-order valence-corrected chi connectivity index (χ3v) is 2.47. The summed E-state index contributed by atoms with van der Waals surface area (Å²) in [5, 5.41) is 7.81. The molecule has 2 amide bonds. The highest BCUT2D eigenvalue weighted by molar-refractivity contribution is 6.39. The van der Waals surface area contributed by atoms with Crippen LogP contribution in [0.25, 0.3) is 0 Å². The first-order chi connectivity index (χ1) is 8.16. The molecule has 1 aliphatic rings. The average molecular weight is 235 g/mol. The van der Waals surface area contributed by atoms with Crippen molar-refractivity contribution in [2.24, 2.45) is 5.10 Å². The summed E-state index contributed by atoms with van der Waals surface area (Å²) in [4.78, 5) is 22.9. The molecule has 1 aromatic heterocycles. The molecule has 0 radical (unpaired) electrons. The van der Waals surface area contributed by atoms with Crippen molar-refractivity contribution in [1.82, 2.24) is 10.3 Å². The van der Waals surface area contributed by atoms with Gasteiger partial charge in [-0.1, -0.05) is 0 Å². The van der Waals surface area contributed by atoms with Gasteiger partial charge in [0, 0.05) is 19.9 Å². The number of nitrogens with one attached hydrogen (secondary N) is 1. The van der Waals surface area contributed by atoms with Gasteiger partial charge in [-0.25, -0.2) is 5.01 Å². The Kier molecular flexibility index (Phi) is 3.22. The van der Waals surface area contributed by atoms with E-state index in [1.807, 2.05) is 0 Å². The highest BCUT2D eigenvalue weighted by Gasteiger charge is 2.21. The zero-order valence-corrected chi connectivity index (χ0v) is 9.47. The molecule has 1 N–H and O–H groups in total. The quantitative estimate of drug-likeness (QED) is 0.829. The number of carbonyl (C=O) groups is 2. The number of furan rings is 1. The van der Waals surface area contributed by atoms with Crippen LogP contribution in [0.4, 0.5) is 0 Å². The van der Waals surface area contributed by atoms with Gasteiger partial charge in [0.15, 0.2) is 0 Å².